The average Bonchev–Trinajstić information content (AvgIpc) is 2.76. The molecular formula is C11H21N3O3S. The molecule has 0 bridgehead atoms. The van der Waals surface area contributed by atoms with Crippen LogP contribution in [0.1, 0.15) is 52.3 Å². The van der Waals surface area contributed by atoms with E-state index in [-0.39, 0.29) is 5.89 Å². The molecule has 0 amide bonds. The van der Waals surface area contributed by atoms with Crippen LogP contribution in [-0.2, 0) is 20.1 Å². The zero-order valence-corrected chi connectivity index (χ0v) is 12.3. The first-order valence-corrected chi connectivity index (χ1v) is 7.80. The second kappa shape index (κ2) is 4.62. The van der Waals surface area contributed by atoms with Gasteiger partial charge in [0.15, 0.2) is 15.7 Å². The summed E-state index contributed by atoms with van der Waals surface area (Å²) in [6.45, 7) is 6.94. The maximum Gasteiger partial charge on any atom is 0.247 e. The van der Waals surface area contributed by atoms with E-state index in [9.17, 15) is 8.42 Å². The van der Waals surface area contributed by atoms with Crippen molar-refractivity contribution < 1.29 is 12.9 Å². The number of hydrogen-bond donors (Lipinski definition) is 1. The summed E-state index contributed by atoms with van der Waals surface area (Å²) in [4.78, 5) is 4.18. The monoisotopic (exact) mass is 275 g/mol. The van der Waals surface area contributed by atoms with Crippen LogP contribution in [0.25, 0.3) is 0 Å². The Morgan fingerprint density at radius 3 is 2.17 bits per heavy atom. The van der Waals surface area contributed by atoms with E-state index in [2.05, 4.69) is 10.1 Å². The van der Waals surface area contributed by atoms with Gasteiger partial charge in [-0.2, -0.15) is 4.98 Å². The molecule has 0 radical (unpaired) electrons. The minimum atomic E-state index is -3.34. The minimum Gasteiger partial charge on any atom is -0.338 e. The zero-order valence-electron chi connectivity index (χ0n) is 11.5. The molecule has 1 aromatic heterocycles. The van der Waals surface area contributed by atoms with E-state index in [0.717, 1.165) is 6.26 Å². The van der Waals surface area contributed by atoms with E-state index in [1.54, 1.807) is 0 Å². The summed E-state index contributed by atoms with van der Waals surface area (Å²) >= 11 is 0. The first-order chi connectivity index (χ1) is 8.08. The Hall–Kier alpha value is -0.950. The van der Waals surface area contributed by atoms with Crippen LogP contribution in [0.4, 0.5) is 0 Å². The summed E-state index contributed by atoms with van der Waals surface area (Å²) in [5.41, 5.74) is 5.48. The van der Waals surface area contributed by atoms with Crippen molar-refractivity contribution in [1.82, 2.24) is 10.1 Å². The van der Waals surface area contributed by atoms with E-state index < -0.39 is 20.1 Å². The summed E-state index contributed by atoms with van der Waals surface area (Å²) in [6, 6.07) is 0. The SMILES string of the molecule is CCC(N)(CC)c1noc(C(C)(C)S(C)(=O)=O)n1. The van der Waals surface area contributed by atoms with Crippen LogP contribution in [0.5, 0.6) is 0 Å². The highest BCUT2D eigenvalue weighted by atomic mass is 32.2. The second-order valence-electron chi connectivity index (χ2n) is 5.07. The van der Waals surface area contributed by atoms with Crippen molar-refractivity contribution in [3.63, 3.8) is 0 Å². The molecule has 104 valence electrons. The molecule has 0 fully saturated rings. The topological polar surface area (TPSA) is 99.1 Å². The quantitative estimate of drug-likeness (QED) is 0.870. The zero-order chi connectivity index (χ0) is 14.2. The highest BCUT2D eigenvalue weighted by molar-refractivity contribution is 7.91. The predicted octanol–water partition coefficient (Wildman–Crippen LogP) is 1.32. The van der Waals surface area contributed by atoms with Gasteiger partial charge in [0, 0.05) is 6.26 Å². The molecule has 1 heterocycles. The molecule has 0 unspecified atom stereocenters. The number of aromatic nitrogens is 2. The van der Waals surface area contributed by atoms with Crippen LogP contribution in [0.15, 0.2) is 4.52 Å². The normalized spacial score (nSPS) is 13.9. The predicted molar refractivity (Wildman–Crippen MR) is 68.6 cm³/mol. The lowest BCUT2D eigenvalue weighted by Crippen LogP contribution is -2.36. The van der Waals surface area contributed by atoms with E-state index in [4.69, 9.17) is 10.3 Å². The van der Waals surface area contributed by atoms with Crippen LogP contribution in [0.3, 0.4) is 0 Å². The van der Waals surface area contributed by atoms with Gasteiger partial charge >= 0.3 is 0 Å². The Morgan fingerprint density at radius 2 is 1.78 bits per heavy atom. The van der Waals surface area contributed by atoms with E-state index in [1.807, 2.05) is 13.8 Å². The second-order valence-corrected chi connectivity index (χ2v) is 7.63. The molecule has 6 nitrogen and oxygen atoms in total. The van der Waals surface area contributed by atoms with Gasteiger partial charge in [-0.1, -0.05) is 19.0 Å². The third kappa shape index (κ3) is 2.42. The first kappa shape index (κ1) is 15.1. The van der Waals surface area contributed by atoms with Gasteiger partial charge in [0.05, 0.1) is 5.54 Å². The number of hydrogen-bond acceptors (Lipinski definition) is 6. The number of nitrogens with two attached hydrogens (primary N) is 1. The van der Waals surface area contributed by atoms with Gasteiger partial charge in [-0.15, -0.1) is 0 Å². The molecule has 0 saturated heterocycles. The Labute approximate surface area is 108 Å². The Bertz CT molecular complexity index is 515. The summed E-state index contributed by atoms with van der Waals surface area (Å²) in [5, 5.41) is 3.83. The number of rotatable bonds is 5. The molecule has 0 aliphatic heterocycles. The molecule has 2 N–H and O–H groups in total. The Morgan fingerprint density at radius 1 is 1.28 bits per heavy atom. The molecule has 0 aromatic carbocycles. The van der Waals surface area contributed by atoms with Crippen molar-refractivity contribution in [2.45, 2.75) is 50.8 Å². The fourth-order valence-electron chi connectivity index (χ4n) is 1.40. The van der Waals surface area contributed by atoms with Crippen LogP contribution in [-0.4, -0.2) is 24.8 Å². The summed E-state index contributed by atoms with van der Waals surface area (Å²) in [7, 11) is -3.34. The van der Waals surface area contributed by atoms with Crippen molar-refractivity contribution in [3.05, 3.63) is 11.7 Å². The molecule has 7 heteroatoms. The summed E-state index contributed by atoms with van der Waals surface area (Å²) < 4.78 is 27.3. The Kier molecular flexibility index (Phi) is 3.88. The van der Waals surface area contributed by atoms with Gasteiger partial charge < -0.3 is 10.3 Å². The van der Waals surface area contributed by atoms with Gasteiger partial charge in [0.2, 0.25) is 5.89 Å². The van der Waals surface area contributed by atoms with Crippen molar-refractivity contribution in [2.75, 3.05) is 6.26 Å². The molecular weight excluding hydrogens is 254 g/mol. The van der Waals surface area contributed by atoms with Crippen molar-refractivity contribution in [3.8, 4) is 0 Å². The molecule has 0 saturated carbocycles. The van der Waals surface area contributed by atoms with Crippen LogP contribution < -0.4 is 5.73 Å². The maximum absolute atomic E-state index is 11.7. The van der Waals surface area contributed by atoms with Crippen molar-refractivity contribution in [2.24, 2.45) is 5.73 Å². The fourth-order valence-corrected chi connectivity index (χ4v) is 1.80. The largest absolute Gasteiger partial charge is 0.338 e. The third-order valence-electron chi connectivity index (χ3n) is 3.58. The lowest BCUT2D eigenvalue weighted by molar-refractivity contribution is 0.322. The van der Waals surface area contributed by atoms with E-state index in [1.165, 1.54) is 13.8 Å². The van der Waals surface area contributed by atoms with Gasteiger partial charge in [-0.05, 0) is 26.7 Å². The van der Waals surface area contributed by atoms with Crippen molar-refractivity contribution in [1.29, 1.82) is 0 Å². The first-order valence-electron chi connectivity index (χ1n) is 5.91. The third-order valence-corrected chi connectivity index (χ3v) is 5.60. The van der Waals surface area contributed by atoms with Crippen LogP contribution >= 0.6 is 0 Å². The van der Waals surface area contributed by atoms with E-state index >= 15 is 0 Å². The molecule has 0 atom stereocenters. The van der Waals surface area contributed by atoms with Gasteiger partial charge in [-0.25, -0.2) is 8.42 Å². The molecule has 0 aliphatic carbocycles. The number of nitrogens with zero attached hydrogens (tertiary/aromatic N) is 2. The molecule has 0 spiro atoms. The maximum atomic E-state index is 11.7. The lowest BCUT2D eigenvalue weighted by Gasteiger charge is -2.22. The van der Waals surface area contributed by atoms with Crippen molar-refractivity contribution >= 4 is 9.84 Å². The highest BCUT2D eigenvalue weighted by Crippen LogP contribution is 2.30. The molecule has 1 rings (SSSR count). The molecule has 0 aliphatic rings. The Balaban J connectivity index is 3.23. The summed E-state index contributed by atoms with van der Waals surface area (Å²) in [5.74, 6) is 0.441. The van der Waals surface area contributed by atoms with Gasteiger partial charge in [0.1, 0.15) is 4.75 Å². The fraction of sp³-hybridized carbons (Fsp3) is 0.818. The van der Waals surface area contributed by atoms with Gasteiger partial charge in [0.25, 0.3) is 0 Å². The average molecular weight is 275 g/mol. The molecule has 1 aromatic rings. The smallest absolute Gasteiger partial charge is 0.247 e. The number of sulfone groups is 1. The van der Waals surface area contributed by atoms with E-state index in [0.29, 0.717) is 18.7 Å². The van der Waals surface area contributed by atoms with Crippen LogP contribution in [0, 0.1) is 0 Å². The minimum absolute atomic E-state index is 0.0803. The highest BCUT2D eigenvalue weighted by Gasteiger charge is 2.40. The molecule has 18 heavy (non-hydrogen) atoms. The standard InChI is InChI=1S/C11H21N3O3S/c1-6-11(12,7-2)8-13-9(17-14-8)10(3,4)18(5,15)16/h6-7,12H2,1-5H3. The lowest BCUT2D eigenvalue weighted by atomic mass is 9.93. The van der Waals surface area contributed by atoms with Gasteiger partial charge in [-0.3, -0.25) is 0 Å². The summed E-state index contributed by atoms with van der Waals surface area (Å²) in [6.07, 6.45) is 2.45. The van der Waals surface area contributed by atoms with Crippen LogP contribution in [0.2, 0.25) is 0 Å².